The number of ether oxygens (including phenoxy) is 2. The summed E-state index contributed by atoms with van der Waals surface area (Å²) in [4.78, 5) is 13.6. The minimum Gasteiger partial charge on any atom is -0.508 e. The fourth-order valence-corrected chi connectivity index (χ4v) is 2.51. The first-order chi connectivity index (χ1) is 10.2. The Bertz CT molecular complexity index is 463. The van der Waals surface area contributed by atoms with Crippen molar-refractivity contribution in [1.29, 1.82) is 0 Å². The van der Waals surface area contributed by atoms with Crippen LogP contribution in [-0.2, 0) is 14.3 Å². The molecule has 5 nitrogen and oxygen atoms in total. The number of esters is 1. The van der Waals surface area contributed by atoms with E-state index in [1.807, 2.05) is 19.1 Å². The molecule has 1 aromatic rings. The molecule has 0 aliphatic carbocycles. The normalized spacial score (nSPS) is 19.4. The van der Waals surface area contributed by atoms with Gasteiger partial charge in [0.05, 0.1) is 19.3 Å². The van der Waals surface area contributed by atoms with Crippen LogP contribution >= 0.6 is 0 Å². The Morgan fingerprint density at radius 3 is 3.14 bits per heavy atom. The second kappa shape index (κ2) is 8.00. The summed E-state index contributed by atoms with van der Waals surface area (Å²) in [5, 5.41) is 9.54. The molecular formula is C16H23NO4. The highest BCUT2D eigenvalue weighted by molar-refractivity contribution is 5.69. The second-order valence-electron chi connectivity index (χ2n) is 5.16. The Labute approximate surface area is 125 Å². The van der Waals surface area contributed by atoms with Crippen LogP contribution in [0.1, 0.15) is 31.4 Å². The zero-order valence-electron chi connectivity index (χ0n) is 12.5. The number of hydrogen-bond acceptors (Lipinski definition) is 5. The van der Waals surface area contributed by atoms with Gasteiger partial charge in [0, 0.05) is 19.5 Å². The van der Waals surface area contributed by atoms with Crippen LogP contribution in [0.5, 0.6) is 5.75 Å². The smallest absolute Gasteiger partial charge is 0.305 e. The van der Waals surface area contributed by atoms with Gasteiger partial charge in [0.15, 0.2) is 0 Å². The topological polar surface area (TPSA) is 59.0 Å². The van der Waals surface area contributed by atoms with Crippen molar-refractivity contribution in [2.24, 2.45) is 0 Å². The third-order valence-electron chi connectivity index (χ3n) is 3.55. The average molecular weight is 293 g/mol. The Kier molecular flexibility index (Phi) is 6.02. The maximum absolute atomic E-state index is 11.3. The van der Waals surface area contributed by atoms with Crippen LogP contribution in [0, 0.1) is 0 Å². The molecule has 21 heavy (non-hydrogen) atoms. The molecule has 116 valence electrons. The molecule has 0 amide bonds. The van der Waals surface area contributed by atoms with Crippen LogP contribution in [0.25, 0.3) is 0 Å². The van der Waals surface area contributed by atoms with E-state index in [0.29, 0.717) is 19.6 Å². The maximum Gasteiger partial charge on any atom is 0.305 e. The van der Waals surface area contributed by atoms with Crippen molar-refractivity contribution >= 4 is 5.97 Å². The van der Waals surface area contributed by atoms with Gasteiger partial charge in [-0.25, -0.2) is 0 Å². The second-order valence-corrected chi connectivity index (χ2v) is 5.16. The zero-order chi connectivity index (χ0) is 15.1. The number of phenolic OH excluding ortho intramolecular Hbond substituents is 1. The lowest BCUT2D eigenvalue weighted by molar-refractivity contribution is -0.143. The van der Waals surface area contributed by atoms with Gasteiger partial charge in [-0.05, 0) is 37.6 Å². The molecule has 1 heterocycles. The molecule has 1 fully saturated rings. The number of carbonyl (C=O) groups excluding carboxylic acids is 1. The number of rotatable bonds is 6. The summed E-state index contributed by atoms with van der Waals surface area (Å²) in [7, 11) is 0. The first kappa shape index (κ1) is 15.8. The highest BCUT2D eigenvalue weighted by Gasteiger charge is 2.22. The third-order valence-corrected chi connectivity index (χ3v) is 3.55. The molecule has 1 atom stereocenters. The molecule has 0 unspecified atom stereocenters. The van der Waals surface area contributed by atoms with Crippen LogP contribution in [0.4, 0.5) is 0 Å². The lowest BCUT2D eigenvalue weighted by Gasteiger charge is -2.33. The minimum atomic E-state index is -0.129. The Balaban J connectivity index is 1.79. The molecule has 0 saturated carbocycles. The fourth-order valence-electron chi connectivity index (χ4n) is 2.51. The number of benzene rings is 1. The molecule has 1 saturated heterocycles. The Hall–Kier alpha value is -1.59. The van der Waals surface area contributed by atoms with Crippen LogP contribution in [0.15, 0.2) is 24.3 Å². The lowest BCUT2D eigenvalue weighted by Crippen LogP contribution is -2.39. The van der Waals surface area contributed by atoms with Crippen molar-refractivity contribution in [3.8, 4) is 5.75 Å². The van der Waals surface area contributed by atoms with E-state index in [4.69, 9.17) is 9.47 Å². The van der Waals surface area contributed by atoms with Gasteiger partial charge >= 0.3 is 5.97 Å². The van der Waals surface area contributed by atoms with Gasteiger partial charge in [-0.2, -0.15) is 0 Å². The summed E-state index contributed by atoms with van der Waals surface area (Å²) in [6.45, 7) is 5.44. The Morgan fingerprint density at radius 1 is 1.52 bits per heavy atom. The third kappa shape index (κ3) is 5.02. The van der Waals surface area contributed by atoms with Gasteiger partial charge in [0.1, 0.15) is 5.75 Å². The van der Waals surface area contributed by atoms with Crippen LogP contribution in [0.2, 0.25) is 0 Å². The van der Waals surface area contributed by atoms with Gasteiger partial charge in [-0.15, -0.1) is 0 Å². The predicted molar refractivity (Wildman–Crippen MR) is 79.1 cm³/mol. The van der Waals surface area contributed by atoms with E-state index in [9.17, 15) is 9.90 Å². The van der Waals surface area contributed by atoms with Crippen molar-refractivity contribution in [3.63, 3.8) is 0 Å². The van der Waals surface area contributed by atoms with Crippen LogP contribution < -0.4 is 0 Å². The van der Waals surface area contributed by atoms with E-state index < -0.39 is 0 Å². The first-order valence-corrected chi connectivity index (χ1v) is 7.47. The molecule has 1 aliphatic heterocycles. The molecule has 2 rings (SSSR count). The fraction of sp³-hybridized carbons (Fsp3) is 0.562. The van der Waals surface area contributed by atoms with E-state index in [0.717, 1.165) is 31.6 Å². The number of nitrogens with zero attached hydrogens (tertiary/aromatic N) is 1. The molecule has 1 aromatic carbocycles. The molecule has 5 heteroatoms. The average Bonchev–Trinajstić information content (AvgIpc) is 2.48. The number of carbonyl (C=O) groups is 1. The molecule has 0 bridgehead atoms. The maximum atomic E-state index is 11.3. The van der Waals surface area contributed by atoms with Gasteiger partial charge < -0.3 is 14.6 Å². The van der Waals surface area contributed by atoms with Crippen LogP contribution in [-0.4, -0.2) is 48.8 Å². The van der Waals surface area contributed by atoms with E-state index >= 15 is 0 Å². The summed E-state index contributed by atoms with van der Waals surface area (Å²) >= 11 is 0. The quantitative estimate of drug-likeness (QED) is 0.814. The summed E-state index contributed by atoms with van der Waals surface area (Å²) in [6, 6.07) is 7.19. The van der Waals surface area contributed by atoms with Crippen molar-refractivity contribution in [2.75, 3.05) is 32.8 Å². The first-order valence-electron chi connectivity index (χ1n) is 7.47. The van der Waals surface area contributed by atoms with Gasteiger partial charge in [0.2, 0.25) is 0 Å². The highest BCUT2D eigenvalue weighted by Crippen LogP contribution is 2.25. The zero-order valence-corrected chi connectivity index (χ0v) is 12.5. The number of phenols is 1. The number of hydrogen-bond donors (Lipinski definition) is 1. The lowest BCUT2D eigenvalue weighted by atomic mass is 10.1. The largest absolute Gasteiger partial charge is 0.508 e. The molecular weight excluding hydrogens is 270 g/mol. The molecule has 1 aliphatic rings. The molecule has 0 aromatic heterocycles. The van der Waals surface area contributed by atoms with E-state index in [1.165, 1.54) is 0 Å². The highest BCUT2D eigenvalue weighted by atomic mass is 16.5. The van der Waals surface area contributed by atoms with Crippen LogP contribution in [0.3, 0.4) is 0 Å². The summed E-state index contributed by atoms with van der Waals surface area (Å²) in [5.74, 6) is 0.130. The van der Waals surface area contributed by atoms with E-state index in [-0.39, 0.29) is 17.8 Å². The van der Waals surface area contributed by atoms with Gasteiger partial charge in [-0.1, -0.05) is 12.1 Å². The summed E-state index contributed by atoms with van der Waals surface area (Å²) < 4.78 is 10.7. The van der Waals surface area contributed by atoms with Gasteiger partial charge in [0.25, 0.3) is 0 Å². The predicted octanol–water partition coefficient (Wildman–Crippen LogP) is 2.11. The number of aromatic hydroxyl groups is 1. The minimum absolute atomic E-state index is 0.0200. The Morgan fingerprint density at radius 2 is 2.38 bits per heavy atom. The van der Waals surface area contributed by atoms with Crippen molar-refractivity contribution in [2.45, 2.75) is 25.9 Å². The summed E-state index contributed by atoms with van der Waals surface area (Å²) in [6.07, 6.45) is 1.24. The SMILES string of the molecule is CCOC(=O)CCCN1CCO[C@H](c2cccc(O)c2)C1. The van der Waals surface area contributed by atoms with Crippen molar-refractivity contribution < 1.29 is 19.4 Å². The summed E-state index contributed by atoms with van der Waals surface area (Å²) in [5.41, 5.74) is 0.991. The molecule has 0 spiro atoms. The van der Waals surface area contributed by atoms with E-state index in [2.05, 4.69) is 4.90 Å². The molecule has 0 radical (unpaired) electrons. The van der Waals surface area contributed by atoms with Crippen molar-refractivity contribution in [1.82, 2.24) is 4.90 Å². The monoisotopic (exact) mass is 293 g/mol. The van der Waals surface area contributed by atoms with E-state index in [1.54, 1.807) is 12.1 Å². The molecule has 1 N–H and O–H groups in total. The standard InChI is InChI=1S/C16H23NO4/c1-2-20-16(19)7-4-8-17-9-10-21-15(12-17)13-5-3-6-14(18)11-13/h3,5-6,11,15,18H,2,4,7-10,12H2,1H3/t15-/m0/s1. The number of morpholine rings is 1. The van der Waals surface area contributed by atoms with Gasteiger partial charge in [-0.3, -0.25) is 9.69 Å². The van der Waals surface area contributed by atoms with Crippen molar-refractivity contribution in [3.05, 3.63) is 29.8 Å².